The van der Waals surface area contributed by atoms with Gasteiger partial charge in [-0.2, -0.15) is 0 Å². The molecular formula is C28H30N4O3. The predicted octanol–water partition coefficient (Wildman–Crippen LogP) is 4.16. The van der Waals surface area contributed by atoms with Crippen molar-refractivity contribution in [1.82, 2.24) is 14.9 Å². The summed E-state index contributed by atoms with van der Waals surface area (Å²) < 4.78 is 6.94. The van der Waals surface area contributed by atoms with Gasteiger partial charge in [0.1, 0.15) is 12.4 Å². The zero-order valence-corrected chi connectivity index (χ0v) is 20.1. The summed E-state index contributed by atoms with van der Waals surface area (Å²) in [5.41, 5.74) is 3.93. The number of methoxy groups -OCH3 is 1. The van der Waals surface area contributed by atoms with Gasteiger partial charge in [0, 0.05) is 31.8 Å². The fraction of sp³-hybridized carbons (Fsp3) is 0.393. The molecule has 0 saturated heterocycles. The van der Waals surface area contributed by atoms with Crippen molar-refractivity contribution in [2.24, 2.45) is 30.2 Å². The Labute approximate surface area is 204 Å². The lowest BCUT2D eigenvalue weighted by molar-refractivity contribution is -0.119. The molecule has 0 radical (unpaired) electrons. The molecule has 7 nitrogen and oxygen atoms in total. The summed E-state index contributed by atoms with van der Waals surface area (Å²) in [6.07, 6.45) is 8.59. The van der Waals surface area contributed by atoms with E-state index in [2.05, 4.69) is 22.8 Å². The highest BCUT2D eigenvalue weighted by atomic mass is 16.5. The number of aromatic nitrogens is 2. The minimum absolute atomic E-state index is 0.0686. The van der Waals surface area contributed by atoms with Gasteiger partial charge in [-0.3, -0.25) is 9.59 Å². The average molecular weight is 471 g/mol. The number of imidazole rings is 1. The van der Waals surface area contributed by atoms with Crippen LogP contribution in [0, 0.1) is 23.2 Å². The van der Waals surface area contributed by atoms with Gasteiger partial charge in [0.05, 0.1) is 16.7 Å². The van der Waals surface area contributed by atoms with Gasteiger partial charge in [0.15, 0.2) is 0 Å². The van der Waals surface area contributed by atoms with Crippen LogP contribution in [0.2, 0.25) is 0 Å². The van der Waals surface area contributed by atoms with Crippen LogP contribution in [0.15, 0.2) is 54.6 Å². The van der Waals surface area contributed by atoms with Gasteiger partial charge in [0.25, 0.3) is 5.91 Å². The number of aryl methyl sites for hydroxylation is 1. The smallest absolute Gasteiger partial charge is 0.251 e. The molecule has 35 heavy (non-hydrogen) atoms. The van der Waals surface area contributed by atoms with E-state index in [0.717, 1.165) is 16.9 Å². The molecule has 2 aromatic carbocycles. The van der Waals surface area contributed by atoms with Gasteiger partial charge in [-0.05, 0) is 54.6 Å². The Morgan fingerprint density at radius 2 is 1.97 bits per heavy atom. The molecule has 180 valence electrons. The van der Waals surface area contributed by atoms with Crippen LogP contribution in [-0.2, 0) is 16.6 Å². The third-order valence-electron chi connectivity index (χ3n) is 8.18. The van der Waals surface area contributed by atoms with Gasteiger partial charge in [-0.1, -0.05) is 42.5 Å². The maximum absolute atomic E-state index is 13.3. The Balaban J connectivity index is 1.30. The molecule has 1 spiro atoms. The second-order valence-electron chi connectivity index (χ2n) is 10.2. The fourth-order valence-electron chi connectivity index (χ4n) is 6.42. The topological polar surface area (TPSA) is 85.2 Å². The first-order valence-corrected chi connectivity index (χ1v) is 12.3. The van der Waals surface area contributed by atoms with Crippen LogP contribution in [0.5, 0.6) is 0 Å². The highest BCUT2D eigenvalue weighted by molar-refractivity contribution is 6.06. The number of carbonyl (C=O) groups excluding carboxylic acids is 2. The van der Waals surface area contributed by atoms with Gasteiger partial charge in [-0.25, -0.2) is 4.98 Å². The van der Waals surface area contributed by atoms with Crippen molar-refractivity contribution in [1.29, 1.82) is 0 Å². The standard InChI is InChI=1S/C28H30N4O3/c1-32-25-22(30-24(33)16-35-2)13-18(14-23(25)31-26(32)17-6-4-3-5-7-17)27(34)29-15-19-12-20-8-9-21(19)28(20)10-11-28/h3-9,13-14,19-21H,10-12,15-16H2,1-2H3,(H,29,34)(H,30,33)/t19-,20-,21+/m1/s1. The van der Waals surface area contributed by atoms with E-state index in [-0.39, 0.29) is 18.4 Å². The average Bonchev–Trinajstić information content (AvgIpc) is 3.41. The van der Waals surface area contributed by atoms with Crippen molar-refractivity contribution in [3.8, 4) is 11.4 Å². The SMILES string of the molecule is COCC(=O)Nc1cc(C(=O)NC[C@H]2C[C@H]3C=C[C@@H]2C32CC2)cc2nc(-c3ccccc3)n(C)c12. The number of allylic oxidation sites excluding steroid dienone is 2. The third kappa shape index (κ3) is 3.65. The number of ether oxygens (including phenoxy) is 1. The van der Waals surface area contributed by atoms with Crippen LogP contribution >= 0.6 is 0 Å². The largest absolute Gasteiger partial charge is 0.375 e. The first kappa shape index (κ1) is 22.0. The zero-order valence-electron chi connectivity index (χ0n) is 20.1. The monoisotopic (exact) mass is 470 g/mol. The fourth-order valence-corrected chi connectivity index (χ4v) is 6.42. The lowest BCUT2D eigenvalue weighted by Gasteiger charge is -2.20. The summed E-state index contributed by atoms with van der Waals surface area (Å²) in [4.78, 5) is 30.5. The van der Waals surface area contributed by atoms with Crippen molar-refractivity contribution in [2.45, 2.75) is 19.3 Å². The van der Waals surface area contributed by atoms with Crippen LogP contribution in [0.1, 0.15) is 29.6 Å². The molecule has 2 N–H and O–H groups in total. The van der Waals surface area contributed by atoms with E-state index in [1.807, 2.05) is 48.0 Å². The molecule has 3 aromatic rings. The summed E-state index contributed by atoms with van der Waals surface area (Å²) >= 11 is 0. The van der Waals surface area contributed by atoms with E-state index < -0.39 is 0 Å². The third-order valence-corrected chi connectivity index (χ3v) is 8.18. The Morgan fingerprint density at radius 3 is 2.69 bits per heavy atom. The van der Waals surface area contributed by atoms with E-state index in [1.165, 1.54) is 26.4 Å². The Hall–Kier alpha value is -3.45. The molecule has 7 heteroatoms. The highest BCUT2D eigenvalue weighted by Gasteiger charge is 2.62. The maximum Gasteiger partial charge on any atom is 0.251 e. The Morgan fingerprint density at radius 1 is 1.17 bits per heavy atom. The highest BCUT2D eigenvalue weighted by Crippen LogP contribution is 2.69. The van der Waals surface area contributed by atoms with E-state index in [9.17, 15) is 9.59 Å². The quantitative estimate of drug-likeness (QED) is 0.508. The molecule has 2 bridgehead atoms. The van der Waals surface area contributed by atoms with Crippen molar-refractivity contribution in [3.05, 3.63) is 60.2 Å². The number of hydrogen-bond donors (Lipinski definition) is 2. The van der Waals surface area contributed by atoms with Gasteiger partial charge >= 0.3 is 0 Å². The lowest BCUT2D eigenvalue weighted by Crippen LogP contribution is -2.31. The number of fused-ring (bicyclic) bond motifs is 1. The number of rotatable bonds is 7. The normalized spacial score (nSPS) is 23.2. The second-order valence-corrected chi connectivity index (χ2v) is 10.2. The summed E-state index contributed by atoms with van der Waals surface area (Å²) in [6, 6.07) is 13.4. The minimum Gasteiger partial charge on any atom is -0.375 e. The second kappa shape index (κ2) is 8.34. The number of benzene rings is 2. The Kier molecular flexibility index (Phi) is 5.25. The molecule has 3 atom stereocenters. The van der Waals surface area contributed by atoms with Crippen LogP contribution < -0.4 is 10.6 Å². The molecule has 2 amide bonds. The Bertz CT molecular complexity index is 1340. The number of carbonyl (C=O) groups is 2. The van der Waals surface area contributed by atoms with Crippen molar-refractivity contribution < 1.29 is 14.3 Å². The number of anilines is 1. The lowest BCUT2D eigenvalue weighted by atomic mass is 9.89. The van der Waals surface area contributed by atoms with E-state index >= 15 is 0 Å². The molecule has 3 aliphatic carbocycles. The molecule has 1 heterocycles. The van der Waals surface area contributed by atoms with Crippen LogP contribution in [0.25, 0.3) is 22.4 Å². The van der Waals surface area contributed by atoms with Crippen molar-refractivity contribution >= 4 is 28.5 Å². The molecule has 2 saturated carbocycles. The maximum atomic E-state index is 13.3. The molecular weight excluding hydrogens is 440 g/mol. The molecule has 3 aliphatic rings. The van der Waals surface area contributed by atoms with Crippen LogP contribution in [0.3, 0.4) is 0 Å². The summed E-state index contributed by atoms with van der Waals surface area (Å²) in [5.74, 6) is 2.14. The van der Waals surface area contributed by atoms with Crippen LogP contribution in [-0.4, -0.2) is 41.6 Å². The first-order valence-electron chi connectivity index (χ1n) is 12.3. The number of amides is 2. The first-order chi connectivity index (χ1) is 17.0. The van der Waals surface area contributed by atoms with E-state index in [0.29, 0.717) is 46.5 Å². The zero-order chi connectivity index (χ0) is 24.2. The van der Waals surface area contributed by atoms with Gasteiger partial charge in [0.2, 0.25) is 5.91 Å². The molecule has 0 unspecified atom stereocenters. The van der Waals surface area contributed by atoms with Crippen molar-refractivity contribution in [2.75, 3.05) is 25.6 Å². The minimum atomic E-state index is -0.280. The van der Waals surface area contributed by atoms with E-state index in [4.69, 9.17) is 9.72 Å². The van der Waals surface area contributed by atoms with Gasteiger partial charge < -0.3 is 19.9 Å². The van der Waals surface area contributed by atoms with Crippen molar-refractivity contribution in [3.63, 3.8) is 0 Å². The molecule has 2 fully saturated rings. The summed E-state index contributed by atoms with van der Waals surface area (Å²) in [5, 5.41) is 6.08. The summed E-state index contributed by atoms with van der Waals surface area (Å²) in [6.45, 7) is 0.605. The van der Waals surface area contributed by atoms with Gasteiger partial charge in [-0.15, -0.1) is 0 Å². The number of nitrogens with zero attached hydrogens (tertiary/aromatic N) is 2. The molecule has 1 aromatic heterocycles. The molecule has 6 rings (SSSR count). The molecule has 0 aliphatic heterocycles. The van der Waals surface area contributed by atoms with E-state index in [1.54, 1.807) is 6.07 Å². The number of hydrogen-bond acceptors (Lipinski definition) is 4. The number of nitrogens with one attached hydrogen (secondary N) is 2. The summed E-state index contributed by atoms with van der Waals surface area (Å²) in [7, 11) is 3.40. The predicted molar refractivity (Wildman–Crippen MR) is 135 cm³/mol. The van der Waals surface area contributed by atoms with Crippen LogP contribution in [0.4, 0.5) is 5.69 Å².